The summed E-state index contributed by atoms with van der Waals surface area (Å²) in [6.07, 6.45) is 0.583. The molecule has 1 saturated heterocycles. The van der Waals surface area contributed by atoms with Crippen molar-refractivity contribution >= 4 is 29.6 Å². The Morgan fingerprint density at radius 1 is 1.25 bits per heavy atom. The van der Waals surface area contributed by atoms with Crippen LogP contribution in [0.1, 0.15) is 26.7 Å². The minimum absolute atomic E-state index is 0.142. The van der Waals surface area contributed by atoms with Gasteiger partial charge in [-0.15, -0.1) is 11.8 Å². The van der Waals surface area contributed by atoms with Crippen molar-refractivity contribution in [2.45, 2.75) is 32.7 Å². The quantitative estimate of drug-likeness (QED) is 0.723. The maximum atomic E-state index is 12.0. The summed E-state index contributed by atoms with van der Waals surface area (Å²) in [4.78, 5) is 37.2. The number of fused-ring (bicyclic) bond motifs is 1. The van der Waals surface area contributed by atoms with Crippen LogP contribution >= 0.6 is 11.8 Å². The van der Waals surface area contributed by atoms with Crippen LogP contribution in [-0.4, -0.2) is 47.8 Å². The van der Waals surface area contributed by atoms with Crippen molar-refractivity contribution in [2.24, 2.45) is 0 Å². The highest BCUT2D eigenvalue weighted by molar-refractivity contribution is 8.03. The summed E-state index contributed by atoms with van der Waals surface area (Å²) in [6, 6.07) is -0.632. The summed E-state index contributed by atoms with van der Waals surface area (Å²) in [5.41, 5.74) is 0.489. The van der Waals surface area contributed by atoms with Crippen LogP contribution in [0.2, 0.25) is 0 Å². The molecule has 1 unspecified atom stereocenters. The van der Waals surface area contributed by atoms with Gasteiger partial charge >= 0.3 is 11.9 Å². The van der Waals surface area contributed by atoms with Crippen LogP contribution in [0.4, 0.5) is 0 Å². The summed E-state index contributed by atoms with van der Waals surface area (Å²) in [7, 11) is 0. The highest BCUT2D eigenvalue weighted by atomic mass is 32.2. The molecule has 20 heavy (non-hydrogen) atoms. The Labute approximate surface area is 121 Å². The number of thioether (sulfide) groups is 1. The Morgan fingerprint density at radius 3 is 2.60 bits per heavy atom. The third-order valence-corrected chi connectivity index (χ3v) is 4.30. The predicted octanol–water partition coefficient (Wildman–Crippen LogP) is 1.06. The topological polar surface area (TPSA) is 72.9 Å². The zero-order chi connectivity index (χ0) is 14.7. The standard InChI is InChI=1S/C13H17NO5S/c1-3-18-12(16)8-5-6-10(15)14-9(7-20-11(8)14)13(17)19-4-2/h9H,3-7H2,1-2H3. The SMILES string of the molecule is CCOC(=O)C1=C2SCC(C(=O)OCC)N2C(=O)CC1. The molecule has 110 valence electrons. The molecular weight excluding hydrogens is 282 g/mol. The molecular formula is C13H17NO5S. The van der Waals surface area contributed by atoms with E-state index < -0.39 is 18.0 Å². The molecule has 1 fully saturated rings. The van der Waals surface area contributed by atoms with Gasteiger partial charge in [0.2, 0.25) is 5.91 Å². The number of nitrogens with zero attached hydrogens (tertiary/aromatic N) is 1. The fraction of sp³-hybridized carbons (Fsp3) is 0.615. The first-order valence-electron chi connectivity index (χ1n) is 6.61. The number of hydrogen-bond donors (Lipinski definition) is 0. The van der Waals surface area contributed by atoms with E-state index in [0.29, 0.717) is 22.8 Å². The van der Waals surface area contributed by atoms with Gasteiger partial charge in [0.15, 0.2) is 0 Å². The van der Waals surface area contributed by atoms with Crippen molar-refractivity contribution in [1.29, 1.82) is 0 Å². The Morgan fingerprint density at radius 2 is 1.95 bits per heavy atom. The number of amides is 1. The third-order valence-electron chi connectivity index (χ3n) is 3.10. The average Bonchev–Trinajstić information content (AvgIpc) is 2.85. The van der Waals surface area contributed by atoms with Gasteiger partial charge in [-0.2, -0.15) is 0 Å². The number of hydrogen-bond acceptors (Lipinski definition) is 6. The molecule has 1 amide bonds. The summed E-state index contributed by atoms with van der Waals surface area (Å²) in [6.45, 7) is 4.01. The molecule has 0 saturated carbocycles. The first-order chi connectivity index (χ1) is 9.60. The lowest BCUT2D eigenvalue weighted by atomic mass is 10.1. The molecule has 0 bridgehead atoms. The largest absolute Gasteiger partial charge is 0.464 e. The lowest BCUT2D eigenvalue weighted by Gasteiger charge is -2.28. The Kier molecular flexibility index (Phi) is 4.69. The van der Waals surface area contributed by atoms with E-state index in [1.807, 2.05) is 0 Å². The van der Waals surface area contributed by atoms with E-state index in [2.05, 4.69) is 0 Å². The molecule has 6 nitrogen and oxygen atoms in total. The van der Waals surface area contributed by atoms with Crippen LogP contribution in [-0.2, 0) is 23.9 Å². The Bertz CT molecular complexity index is 473. The minimum Gasteiger partial charge on any atom is -0.464 e. The zero-order valence-electron chi connectivity index (χ0n) is 11.5. The van der Waals surface area contributed by atoms with Crippen molar-refractivity contribution in [3.8, 4) is 0 Å². The van der Waals surface area contributed by atoms with Gasteiger partial charge in [-0.25, -0.2) is 9.59 Å². The van der Waals surface area contributed by atoms with Crippen LogP contribution in [0.25, 0.3) is 0 Å². The second-order valence-electron chi connectivity index (χ2n) is 4.35. The van der Waals surface area contributed by atoms with E-state index in [1.165, 1.54) is 16.7 Å². The highest BCUT2D eigenvalue weighted by Gasteiger charge is 2.44. The molecule has 2 rings (SSSR count). The zero-order valence-corrected chi connectivity index (χ0v) is 12.3. The second kappa shape index (κ2) is 6.30. The summed E-state index contributed by atoms with van der Waals surface area (Å²) >= 11 is 1.34. The van der Waals surface area contributed by atoms with Gasteiger partial charge in [-0.05, 0) is 20.3 Å². The number of carbonyl (C=O) groups excluding carboxylic acids is 3. The summed E-state index contributed by atoms with van der Waals surface area (Å²) in [5, 5.41) is 0.553. The molecule has 0 spiro atoms. The lowest BCUT2D eigenvalue weighted by Crippen LogP contribution is -2.44. The molecule has 0 aromatic heterocycles. The van der Waals surface area contributed by atoms with Crippen molar-refractivity contribution in [2.75, 3.05) is 19.0 Å². The molecule has 0 aliphatic carbocycles. The van der Waals surface area contributed by atoms with Crippen LogP contribution in [0.5, 0.6) is 0 Å². The smallest absolute Gasteiger partial charge is 0.336 e. The van der Waals surface area contributed by atoms with Crippen molar-refractivity contribution < 1.29 is 23.9 Å². The van der Waals surface area contributed by atoms with E-state index in [9.17, 15) is 14.4 Å². The fourth-order valence-corrected chi connectivity index (χ4v) is 3.57. The molecule has 0 N–H and O–H groups in total. The van der Waals surface area contributed by atoms with E-state index in [1.54, 1.807) is 13.8 Å². The van der Waals surface area contributed by atoms with Gasteiger partial charge in [0.25, 0.3) is 0 Å². The minimum atomic E-state index is -0.632. The van der Waals surface area contributed by atoms with E-state index >= 15 is 0 Å². The van der Waals surface area contributed by atoms with Gasteiger partial charge in [0, 0.05) is 12.2 Å². The second-order valence-corrected chi connectivity index (χ2v) is 5.36. The summed E-state index contributed by atoms with van der Waals surface area (Å²) < 4.78 is 9.99. The van der Waals surface area contributed by atoms with Gasteiger partial charge in [-0.3, -0.25) is 9.69 Å². The normalized spacial score (nSPS) is 21.8. The summed E-state index contributed by atoms with van der Waals surface area (Å²) in [5.74, 6) is -0.551. The van der Waals surface area contributed by atoms with Crippen LogP contribution in [0, 0.1) is 0 Å². The molecule has 2 aliphatic heterocycles. The Hall–Kier alpha value is -1.50. The molecule has 1 atom stereocenters. The van der Waals surface area contributed by atoms with Gasteiger partial charge in [-0.1, -0.05) is 0 Å². The number of esters is 2. The first-order valence-corrected chi connectivity index (χ1v) is 7.60. The first kappa shape index (κ1) is 14.9. The molecule has 0 radical (unpaired) electrons. The number of rotatable bonds is 4. The van der Waals surface area contributed by atoms with Crippen LogP contribution in [0.15, 0.2) is 10.6 Å². The predicted molar refractivity (Wildman–Crippen MR) is 72.6 cm³/mol. The molecule has 2 heterocycles. The number of carbonyl (C=O) groups is 3. The monoisotopic (exact) mass is 299 g/mol. The van der Waals surface area contributed by atoms with Gasteiger partial charge in [0.05, 0.1) is 23.8 Å². The molecule has 7 heteroatoms. The van der Waals surface area contributed by atoms with E-state index in [0.717, 1.165) is 0 Å². The average molecular weight is 299 g/mol. The highest BCUT2D eigenvalue weighted by Crippen LogP contribution is 2.40. The maximum absolute atomic E-state index is 12.0. The van der Waals surface area contributed by atoms with Crippen LogP contribution in [0.3, 0.4) is 0 Å². The van der Waals surface area contributed by atoms with Crippen LogP contribution < -0.4 is 0 Å². The van der Waals surface area contributed by atoms with Crippen molar-refractivity contribution in [3.63, 3.8) is 0 Å². The third kappa shape index (κ3) is 2.67. The molecule has 2 aliphatic rings. The van der Waals surface area contributed by atoms with Crippen molar-refractivity contribution in [1.82, 2.24) is 4.90 Å². The Balaban J connectivity index is 2.27. The number of ether oxygens (including phenoxy) is 2. The fourth-order valence-electron chi connectivity index (χ4n) is 2.24. The maximum Gasteiger partial charge on any atom is 0.336 e. The van der Waals surface area contributed by atoms with Gasteiger partial charge < -0.3 is 9.47 Å². The molecule has 0 aromatic carbocycles. The molecule has 0 aromatic rings. The van der Waals surface area contributed by atoms with E-state index in [-0.39, 0.29) is 25.5 Å². The van der Waals surface area contributed by atoms with Gasteiger partial charge in [0.1, 0.15) is 6.04 Å². The van der Waals surface area contributed by atoms with Crippen molar-refractivity contribution in [3.05, 3.63) is 10.6 Å². The lowest BCUT2D eigenvalue weighted by molar-refractivity contribution is -0.152. The van der Waals surface area contributed by atoms with E-state index in [4.69, 9.17) is 9.47 Å².